The molecule has 3 aromatic rings. The highest BCUT2D eigenvalue weighted by Gasteiger charge is 2.21. The van der Waals surface area contributed by atoms with E-state index in [2.05, 4.69) is 10.0 Å². The molecular formula is C22H20N2O7S. The number of carbonyl (C=O) groups excluding carboxylic acids is 1. The zero-order valence-corrected chi connectivity index (χ0v) is 18.1. The quantitative estimate of drug-likeness (QED) is 0.560. The lowest BCUT2D eigenvalue weighted by Crippen LogP contribution is -2.16. The van der Waals surface area contributed by atoms with Crippen molar-refractivity contribution >= 4 is 27.3 Å². The first-order valence-corrected chi connectivity index (χ1v) is 10.9. The van der Waals surface area contributed by atoms with E-state index in [1.807, 2.05) is 0 Å². The second kappa shape index (κ2) is 8.67. The molecule has 3 aromatic carbocycles. The zero-order valence-electron chi connectivity index (χ0n) is 17.2. The SMILES string of the molecule is COc1ccc(S(=O)(=O)Nc2ccccc2OC)cc1NC(=O)c1ccc2c(c1)OCO2. The van der Waals surface area contributed by atoms with Crippen molar-refractivity contribution in [3.8, 4) is 23.0 Å². The van der Waals surface area contributed by atoms with E-state index in [4.69, 9.17) is 18.9 Å². The predicted molar refractivity (Wildman–Crippen MR) is 117 cm³/mol. The largest absolute Gasteiger partial charge is 0.495 e. The predicted octanol–water partition coefficient (Wildman–Crippen LogP) is 3.49. The molecule has 0 bridgehead atoms. The Morgan fingerprint density at radius 3 is 2.38 bits per heavy atom. The van der Waals surface area contributed by atoms with Crippen LogP contribution < -0.4 is 29.0 Å². The van der Waals surface area contributed by atoms with Crippen LogP contribution in [0.15, 0.2) is 65.6 Å². The third-order valence-corrected chi connectivity index (χ3v) is 6.08. The number of hydrogen-bond acceptors (Lipinski definition) is 7. The van der Waals surface area contributed by atoms with Crippen molar-refractivity contribution in [3.05, 3.63) is 66.2 Å². The third-order valence-electron chi connectivity index (χ3n) is 4.72. The van der Waals surface area contributed by atoms with E-state index in [1.165, 1.54) is 32.4 Å². The molecule has 0 atom stereocenters. The van der Waals surface area contributed by atoms with Crippen LogP contribution >= 0.6 is 0 Å². The third kappa shape index (κ3) is 4.26. The molecule has 0 aliphatic carbocycles. The average molecular weight is 456 g/mol. The smallest absolute Gasteiger partial charge is 0.262 e. The van der Waals surface area contributed by atoms with E-state index >= 15 is 0 Å². The lowest BCUT2D eigenvalue weighted by molar-refractivity contribution is 0.102. The Labute approximate surface area is 184 Å². The Kier molecular flexibility index (Phi) is 5.78. The van der Waals surface area contributed by atoms with Crippen LogP contribution in [0.25, 0.3) is 0 Å². The minimum Gasteiger partial charge on any atom is -0.495 e. The summed E-state index contributed by atoms with van der Waals surface area (Å²) in [4.78, 5) is 12.7. The van der Waals surface area contributed by atoms with Gasteiger partial charge in [-0.15, -0.1) is 0 Å². The molecule has 1 heterocycles. The van der Waals surface area contributed by atoms with Gasteiger partial charge in [0.2, 0.25) is 6.79 Å². The Balaban J connectivity index is 1.61. The molecule has 0 aromatic heterocycles. The second-order valence-electron chi connectivity index (χ2n) is 6.69. The van der Waals surface area contributed by atoms with Crippen LogP contribution in [0, 0.1) is 0 Å². The molecule has 0 unspecified atom stereocenters. The van der Waals surface area contributed by atoms with Crippen LogP contribution in [0.5, 0.6) is 23.0 Å². The van der Waals surface area contributed by atoms with E-state index in [1.54, 1.807) is 42.5 Å². The molecule has 9 nitrogen and oxygen atoms in total. The fraction of sp³-hybridized carbons (Fsp3) is 0.136. The van der Waals surface area contributed by atoms with Crippen LogP contribution in [-0.2, 0) is 10.0 Å². The van der Waals surface area contributed by atoms with Gasteiger partial charge in [0, 0.05) is 5.56 Å². The maximum atomic E-state index is 13.0. The summed E-state index contributed by atoms with van der Waals surface area (Å²) in [5.41, 5.74) is 0.798. The first-order valence-electron chi connectivity index (χ1n) is 9.46. The minimum atomic E-state index is -3.98. The number of rotatable bonds is 7. The van der Waals surface area contributed by atoms with Gasteiger partial charge in [-0.05, 0) is 48.5 Å². The van der Waals surface area contributed by atoms with Gasteiger partial charge in [-0.3, -0.25) is 9.52 Å². The van der Waals surface area contributed by atoms with Gasteiger partial charge in [0.05, 0.1) is 30.5 Å². The van der Waals surface area contributed by atoms with Crippen molar-refractivity contribution in [2.24, 2.45) is 0 Å². The average Bonchev–Trinajstić information content (AvgIpc) is 3.27. The molecule has 0 radical (unpaired) electrons. The Hall–Kier alpha value is -3.92. The van der Waals surface area contributed by atoms with E-state index in [0.717, 1.165) is 0 Å². The van der Waals surface area contributed by atoms with Crippen molar-refractivity contribution < 1.29 is 32.2 Å². The number of para-hydroxylation sites is 2. The standard InChI is InChI=1S/C22H20N2O7S/c1-28-18-6-4-3-5-16(18)24-32(26,27)15-8-10-19(29-2)17(12-15)23-22(25)14-7-9-20-21(11-14)31-13-30-20/h3-12,24H,13H2,1-2H3,(H,23,25). The van der Waals surface area contributed by atoms with Gasteiger partial charge in [-0.2, -0.15) is 0 Å². The van der Waals surface area contributed by atoms with Crippen LogP contribution in [-0.4, -0.2) is 35.3 Å². The molecule has 32 heavy (non-hydrogen) atoms. The normalized spacial score (nSPS) is 12.2. The van der Waals surface area contributed by atoms with E-state index in [-0.39, 0.29) is 23.1 Å². The lowest BCUT2D eigenvalue weighted by Gasteiger charge is -2.15. The zero-order chi connectivity index (χ0) is 22.7. The Bertz CT molecular complexity index is 1280. The molecule has 1 aliphatic rings. The molecule has 0 saturated carbocycles. The van der Waals surface area contributed by atoms with Gasteiger partial charge in [-0.25, -0.2) is 8.42 Å². The summed E-state index contributed by atoms with van der Waals surface area (Å²) in [6, 6.07) is 15.6. The summed E-state index contributed by atoms with van der Waals surface area (Å²) in [5.74, 6) is 1.22. The minimum absolute atomic E-state index is 0.0646. The van der Waals surface area contributed by atoms with Crippen LogP contribution in [0.3, 0.4) is 0 Å². The molecule has 0 spiro atoms. The van der Waals surface area contributed by atoms with Crippen LogP contribution in [0.2, 0.25) is 0 Å². The number of benzene rings is 3. The summed E-state index contributed by atoms with van der Waals surface area (Å²) in [6.07, 6.45) is 0. The molecule has 1 amide bonds. The van der Waals surface area contributed by atoms with Crippen LogP contribution in [0.1, 0.15) is 10.4 Å². The Morgan fingerprint density at radius 1 is 0.875 bits per heavy atom. The van der Waals surface area contributed by atoms with Gasteiger partial charge in [0.25, 0.3) is 15.9 Å². The number of fused-ring (bicyclic) bond motifs is 1. The lowest BCUT2D eigenvalue weighted by atomic mass is 10.2. The maximum Gasteiger partial charge on any atom is 0.262 e. The number of sulfonamides is 1. The van der Waals surface area contributed by atoms with E-state index < -0.39 is 15.9 Å². The fourth-order valence-electron chi connectivity index (χ4n) is 3.12. The first kappa shape index (κ1) is 21.3. The molecule has 0 saturated heterocycles. The maximum absolute atomic E-state index is 13.0. The fourth-order valence-corrected chi connectivity index (χ4v) is 4.21. The number of hydrogen-bond donors (Lipinski definition) is 2. The first-order chi connectivity index (χ1) is 15.4. The molecule has 1 aliphatic heterocycles. The summed E-state index contributed by atoms with van der Waals surface area (Å²) in [5, 5.41) is 2.69. The van der Waals surface area contributed by atoms with Crippen LogP contribution in [0.4, 0.5) is 11.4 Å². The molecule has 10 heteroatoms. The second-order valence-corrected chi connectivity index (χ2v) is 8.37. The van der Waals surface area contributed by atoms with Crippen molar-refractivity contribution in [1.29, 1.82) is 0 Å². The summed E-state index contributed by atoms with van der Waals surface area (Å²) < 4.78 is 49.4. The highest BCUT2D eigenvalue weighted by Crippen LogP contribution is 2.34. The molecule has 4 rings (SSSR count). The number of anilines is 2. The van der Waals surface area contributed by atoms with Crippen molar-refractivity contribution in [2.75, 3.05) is 31.1 Å². The van der Waals surface area contributed by atoms with E-state index in [0.29, 0.717) is 28.6 Å². The number of carbonyl (C=O) groups is 1. The highest BCUT2D eigenvalue weighted by molar-refractivity contribution is 7.92. The van der Waals surface area contributed by atoms with Gasteiger partial charge in [0.15, 0.2) is 11.5 Å². The summed E-state index contributed by atoms with van der Waals surface area (Å²) in [7, 11) is -1.10. The van der Waals surface area contributed by atoms with Gasteiger partial charge >= 0.3 is 0 Å². The van der Waals surface area contributed by atoms with Gasteiger partial charge in [-0.1, -0.05) is 12.1 Å². The molecule has 2 N–H and O–H groups in total. The summed E-state index contributed by atoms with van der Waals surface area (Å²) in [6.45, 7) is 0.0906. The van der Waals surface area contributed by atoms with Crippen molar-refractivity contribution in [3.63, 3.8) is 0 Å². The van der Waals surface area contributed by atoms with Crippen molar-refractivity contribution in [1.82, 2.24) is 0 Å². The van der Waals surface area contributed by atoms with E-state index in [9.17, 15) is 13.2 Å². The molecular weight excluding hydrogens is 436 g/mol. The van der Waals surface area contributed by atoms with Gasteiger partial charge in [0.1, 0.15) is 11.5 Å². The van der Waals surface area contributed by atoms with Gasteiger partial charge < -0.3 is 24.3 Å². The number of ether oxygens (including phenoxy) is 4. The Morgan fingerprint density at radius 2 is 1.59 bits per heavy atom. The highest BCUT2D eigenvalue weighted by atomic mass is 32.2. The number of methoxy groups -OCH3 is 2. The van der Waals surface area contributed by atoms with Crippen molar-refractivity contribution in [2.45, 2.75) is 4.90 Å². The molecule has 0 fully saturated rings. The number of amides is 1. The topological polar surface area (TPSA) is 112 Å². The number of nitrogens with one attached hydrogen (secondary N) is 2. The summed E-state index contributed by atoms with van der Waals surface area (Å²) >= 11 is 0. The molecule has 166 valence electrons. The monoisotopic (exact) mass is 456 g/mol.